The molecule has 4 heteroatoms. The molecule has 1 aromatic rings. The van der Waals surface area contributed by atoms with Crippen LogP contribution >= 0.6 is 0 Å². The number of carboxylic acid groups (broad SMARTS) is 2. The number of rotatable bonds is 0. The molecule has 0 fully saturated rings. The van der Waals surface area contributed by atoms with Crippen molar-refractivity contribution in [2.45, 2.75) is 6.92 Å². The van der Waals surface area contributed by atoms with Crippen LogP contribution in [0.2, 0.25) is 0 Å². The summed E-state index contributed by atoms with van der Waals surface area (Å²) >= 11 is 0. The number of carbonyl (C=O) groups is 1. The van der Waals surface area contributed by atoms with Gasteiger partial charge in [-0.2, -0.15) is 0 Å². The zero-order chi connectivity index (χ0) is 9.56. The van der Waals surface area contributed by atoms with Gasteiger partial charge in [0.25, 0.3) is 0 Å². The summed E-state index contributed by atoms with van der Waals surface area (Å²) in [4.78, 5) is 8.56. The van der Waals surface area contributed by atoms with Crippen molar-refractivity contribution in [2.75, 3.05) is 0 Å². The first-order valence-electron chi connectivity index (χ1n) is 3.20. The highest BCUT2D eigenvalue weighted by Crippen LogP contribution is 2.08. The predicted octanol–water partition coefficient (Wildman–Crippen LogP) is 1.92. The van der Waals surface area contributed by atoms with Crippen LogP contribution in [0.4, 0.5) is 4.79 Å². The fourth-order valence-electron chi connectivity index (χ4n) is 0.628. The van der Waals surface area contributed by atoms with Crippen molar-refractivity contribution in [2.24, 2.45) is 0 Å². The number of benzene rings is 1. The SMILES string of the molecule is Cc1cccc(O)c1.O=C(O)O. The summed E-state index contributed by atoms with van der Waals surface area (Å²) < 4.78 is 0. The molecule has 3 N–H and O–H groups in total. The van der Waals surface area contributed by atoms with Gasteiger partial charge in [-0.1, -0.05) is 12.1 Å². The highest BCUT2D eigenvalue weighted by molar-refractivity contribution is 5.53. The topological polar surface area (TPSA) is 77.8 Å². The second-order valence-corrected chi connectivity index (χ2v) is 2.12. The lowest BCUT2D eigenvalue weighted by molar-refractivity contribution is 0.137. The molecule has 4 nitrogen and oxygen atoms in total. The van der Waals surface area contributed by atoms with E-state index >= 15 is 0 Å². The Bertz CT molecular complexity index is 236. The van der Waals surface area contributed by atoms with E-state index < -0.39 is 6.16 Å². The molecule has 0 aromatic heterocycles. The molecule has 0 aliphatic rings. The fraction of sp³-hybridized carbons (Fsp3) is 0.125. The van der Waals surface area contributed by atoms with E-state index in [0.29, 0.717) is 5.75 Å². The normalized spacial score (nSPS) is 8.08. The molecule has 66 valence electrons. The van der Waals surface area contributed by atoms with Crippen molar-refractivity contribution in [3.05, 3.63) is 29.8 Å². The summed E-state index contributed by atoms with van der Waals surface area (Å²) in [5, 5.41) is 22.8. The number of phenols is 1. The maximum atomic E-state index is 8.81. The average molecular weight is 170 g/mol. The van der Waals surface area contributed by atoms with Crippen molar-refractivity contribution < 1.29 is 20.1 Å². The highest BCUT2D eigenvalue weighted by Gasteiger charge is 1.83. The Balaban J connectivity index is 0.000000261. The molecule has 0 amide bonds. The van der Waals surface area contributed by atoms with Crippen LogP contribution in [0.15, 0.2) is 24.3 Å². The summed E-state index contributed by atoms with van der Waals surface area (Å²) in [7, 11) is 0. The first-order valence-corrected chi connectivity index (χ1v) is 3.20. The Labute approximate surface area is 69.7 Å². The molecule has 1 rings (SSSR count). The zero-order valence-electron chi connectivity index (χ0n) is 6.56. The molecular formula is C8H10O4. The molecule has 12 heavy (non-hydrogen) atoms. The first kappa shape index (κ1) is 10.3. The van der Waals surface area contributed by atoms with Gasteiger partial charge in [-0.05, 0) is 24.6 Å². The van der Waals surface area contributed by atoms with Gasteiger partial charge in [-0.25, -0.2) is 4.79 Å². The van der Waals surface area contributed by atoms with Gasteiger partial charge in [0.1, 0.15) is 5.75 Å². The lowest BCUT2D eigenvalue weighted by Gasteiger charge is -1.89. The van der Waals surface area contributed by atoms with Gasteiger partial charge in [0.15, 0.2) is 0 Å². The van der Waals surface area contributed by atoms with E-state index in [-0.39, 0.29) is 0 Å². The van der Waals surface area contributed by atoms with Gasteiger partial charge in [0, 0.05) is 0 Å². The maximum absolute atomic E-state index is 8.81. The quantitative estimate of drug-likeness (QED) is 0.555. The minimum absolute atomic E-state index is 0.338. The molecule has 0 radical (unpaired) electrons. The van der Waals surface area contributed by atoms with Gasteiger partial charge in [0.2, 0.25) is 0 Å². The third-order valence-electron chi connectivity index (χ3n) is 1.00. The van der Waals surface area contributed by atoms with E-state index in [1.807, 2.05) is 19.1 Å². The third-order valence-corrected chi connectivity index (χ3v) is 1.00. The molecule has 0 bridgehead atoms. The summed E-state index contributed by atoms with van der Waals surface area (Å²) in [5.74, 6) is 0.338. The van der Waals surface area contributed by atoms with E-state index in [0.717, 1.165) is 5.56 Å². The number of aryl methyl sites for hydroxylation is 1. The lowest BCUT2D eigenvalue weighted by atomic mass is 10.2. The van der Waals surface area contributed by atoms with Crippen molar-refractivity contribution >= 4 is 6.16 Å². The molecule has 0 heterocycles. The van der Waals surface area contributed by atoms with Crippen molar-refractivity contribution in [3.8, 4) is 5.75 Å². The Morgan fingerprint density at radius 2 is 1.83 bits per heavy atom. The summed E-state index contributed by atoms with van der Waals surface area (Å²) in [5.41, 5.74) is 1.09. The van der Waals surface area contributed by atoms with Crippen LogP contribution in [0.1, 0.15) is 5.56 Å². The molecule has 0 atom stereocenters. The van der Waals surface area contributed by atoms with Crippen LogP contribution in [0.3, 0.4) is 0 Å². The molecular weight excluding hydrogens is 160 g/mol. The fourth-order valence-corrected chi connectivity index (χ4v) is 0.628. The van der Waals surface area contributed by atoms with E-state index in [1.165, 1.54) is 0 Å². The number of aromatic hydroxyl groups is 1. The first-order chi connectivity index (χ1) is 5.52. The highest BCUT2D eigenvalue weighted by atomic mass is 16.6. The summed E-state index contributed by atoms with van der Waals surface area (Å²) in [6, 6.07) is 7.15. The summed E-state index contributed by atoms with van der Waals surface area (Å²) in [6.07, 6.45) is -1.83. The minimum Gasteiger partial charge on any atom is -0.508 e. The molecule has 0 saturated heterocycles. The second-order valence-electron chi connectivity index (χ2n) is 2.12. The number of phenolic OH excluding ortho intramolecular Hbond substituents is 1. The Morgan fingerprint density at radius 1 is 1.33 bits per heavy atom. The Kier molecular flexibility index (Phi) is 4.30. The van der Waals surface area contributed by atoms with E-state index in [2.05, 4.69) is 0 Å². The zero-order valence-corrected chi connectivity index (χ0v) is 6.56. The van der Waals surface area contributed by atoms with Gasteiger partial charge < -0.3 is 15.3 Å². The van der Waals surface area contributed by atoms with Gasteiger partial charge in [-0.3, -0.25) is 0 Å². The van der Waals surface area contributed by atoms with E-state index in [1.54, 1.807) is 12.1 Å². The van der Waals surface area contributed by atoms with E-state index in [9.17, 15) is 0 Å². The maximum Gasteiger partial charge on any atom is 0.503 e. The Hall–Kier alpha value is -1.71. The van der Waals surface area contributed by atoms with Crippen LogP contribution in [-0.4, -0.2) is 21.5 Å². The van der Waals surface area contributed by atoms with Crippen LogP contribution < -0.4 is 0 Å². The van der Waals surface area contributed by atoms with Crippen molar-refractivity contribution in [1.82, 2.24) is 0 Å². The van der Waals surface area contributed by atoms with Crippen LogP contribution in [0.25, 0.3) is 0 Å². The number of hydrogen-bond acceptors (Lipinski definition) is 2. The van der Waals surface area contributed by atoms with Gasteiger partial charge in [0.05, 0.1) is 0 Å². The van der Waals surface area contributed by atoms with Crippen LogP contribution in [0, 0.1) is 6.92 Å². The summed E-state index contributed by atoms with van der Waals surface area (Å²) in [6.45, 7) is 1.94. The van der Waals surface area contributed by atoms with Crippen molar-refractivity contribution in [1.29, 1.82) is 0 Å². The van der Waals surface area contributed by atoms with Crippen LogP contribution in [-0.2, 0) is 0 Å². The second kappa shape index (κ2) is 5.01. The van der Waals surface area contributed by atoms with E-state index in [4.69, 9.17) is 20.1 Å². The lowest BCUT2D eigenvalue weighted by Crippen LogP contribution is -1.81. The molecule has 0 aliphatic heterocycles. The molecule has 1 aromatic carbocycles. The standard InChI is InChI=1S/C7H8O.CH2O3/c1-6-3-2-4-7(8)5-6;2-1(3)4/h2-5,8H,1H3;(H2,2,3,4). The third kappa shape index (κ3) is 6.41. The Morgan fingerprint density at radius 3 is 2.08 bits per heavy atom. The van der Waals surface area contributed by atoms with Crippen molar-refractivity contribution in [3.63, 3.8) is 0 Å². The average Bonchev–Trinajstić information content (AvgIpc) is 1.84. The predicted molar refractivity (Wildman–Crippen MR) is 43.5 cm³/mol. The molecule has 0 saturated carbocycles. The van der Waals surface area contributed by atoms with Crippen LogP contribution in [0.5, 0.6) is 5.75 Å². The largest absolute Gasteiger partial charge is 0.508 e. The molecule has 0 spiro atoms. The molecule has 0 aliphatic carbocycles. The monoisotopic (exact) mass is 170 g/mol. The van der Waals surface area contributed by atoms with Gasteiger partial charge in [-0.15, -0.1) is 0 Å². The smallest absolute Gasteiger partial charge is 0.503 e. The molecule has 0 unspecified atom stereocenters. The van der Waals surface area contributed by atoms with Gasteiger partial charge >= 0.3 is 6.16 Å². The number of hydrogen-bond donors (Lipinski definition) is 3. The minimum atomic E-state index is -1.83.